The van der Waals surface area contributed by atoms with Gasteiger partial charge in [0.2, 0.25) is 0 Å². The molecule has 1 atom stereocenters. The van der Waals surface area contributed by atoms with Crippen LogP contribution in [0.3, 0.4) is 0 Å². The molecule has 0 amide bonds. The molecule has 0 saturated carbocycles. The molecule has 1 saturated heterocycles. The van der Waals surface area contributed by atoms with Crippen LogP contribution < -0.4 is 5.32 Å². The lowest BCUT2D eigenvalue weighted by molar-refractivity contribution is 0.383. The van der Waals surface area contributed by atoms with Crippen molar-refractivity contribution in [3.8, 4) is 0 Å². The number of piperidine rings is 1. The van der Waals surface area contributed by atoms with Gasteiger partial charge in [0.05, 0.1) is 0 Å². The second-order valence-electron chi connectivity index (χ2n) is 3.92. The van der Waals surface area contributed by atoms with Crippen LogP contribution in [0.5, 0.6) is 0 Å². The van der Waals surface area contributed by atoms with Crippen LogP contribution in [0.2, 0.25) is 0 Å². The van der Waals surface area contributed by atoms with Crippen LogP contribution in [0.15, 0.2) is 15.9 Å². The molecular weight excluding hydrogens is 258 g/mol. The van der Waals surface area contributed by atoms with E-state index in [2.05, 4.69) is 32.7 Å². The minimum atomic E-state index is 0.768. The summed E-state index contributed by atoms with van der Waals surface area (Å²) in [5.74, 6) is 0. The Morgan fingerprint density at radius 3 is 3.07 bits per heavy atom. The summed E-state index contributed by atoms with van der Waals surface area (Å²) in [4.78, 5) is 1.50. The lowest BCUT2D eigenvalue weighted by Crippen LogP contribution is -2.34. The molecule has 1 aromatic heterocycles. The van der Waals surface area contributed by atoms with Gasteiger partial charge in [0, 0.05) is 20.8 Å². The second kappa shape index (κ2) is 5.29. The highest BCUT2D eigenvalue weighted by Gasteiger charge is 2.12. The SMILES string of the molecule is Brc1csc(CCC2CCCCN2)c1. The van der Waals surface area contributed by atoms with E-state index in [1.54, 1.807) is 0 Å². The van der Waals surface area contributed by atoms with Gasteiger partial charge in [-0.25, -0.2) is 0 Å². The predicted molar refractivity (Wildman–Crippen MR) is 66.0 cm³/mol. The number of aryl methyl sites for hydroxylation is 1. The highest BCUT2D eigenvalue weighted by Crippen LogP contribution is 2.22. The summed E-state index contributed by atoms with van der Waals surface area (Å²) in [6, 6.07) is 3.01. The van der Waals surface area contributed by atoms with E-state index in [-0.39, 0.29) is 0 Å². The largest absolute Gasteiger partial charge is 0.314 e. The molecule has 1 aromatic rings. The van der Waals surface area contributed by atoms with Gasteiger partial charge < -0.3 is 5.32 Å². The van der Waals surface area contributed by atoms with Crippen molar-refractivity contribution in [1.29, 1.82) is 0 Å². The molecule has 0 aliphatic carbocycles. The number of halogens is 1. The molecule has 14 heavy (non-hydrogen) atoms. The number of hydrogen-bond acceptors (Lipinski definition) is 2. The van der Waals surface area contributed by atoms with E-state index in [0.717, 1.165) is 6.04 Å². The van der Waals surface area contributed by atoms with Gasteiger partial charge in [0.15, 0.2) is 0 Å². The highest BCUT2D eigenvalue weighted by molar-refractivity contribution is 9.10. The fourth-order valence-corrected chi connectivity index (χ4v) is 3.44. The summed E-state index contributed by atoms with van der Waals surface area (Å²) >= 11 is 5.36. The standard InChI is InChI=1S/C11H16BrNS/c12-9-7-11(14-8-9)5-4-10-3-1-2-6-13-10/h7-8,10,13H,1-6H2. The first-order valence-corrected chi connectivity index (χ1v) is 6.98. The van der Waals surface area contributed by atoms with Crippen molar-refractivity contribution >= 4 is 27.3 Å². The first-order chi connectivity index (χ1) is 6.84. The third-order valence-corrected chi connectivity index (χ3v) is 4.53. The topological polar surface area (TPSA) is 12.0 Å². The van der Waals surface area contributed by atoms with E-state index in [0.29, 0.717) is 0 Å². The van der Waals surface area contributed by atoms with Gasteiger partial charge in [-0.05, 0) is 54.2 Å². The van der Waals surface area contributed by atoms with Crippen molar-refractivity contribution in [2.75, 3.05) is 6.54 Å². The Labute approximate surface area is 98.0 Å². The molecule has 0 radical (unpaired) electrons. The van der Waals surface area contributed by atoms with Crippen molar-refractivity contribution in [1.82, 2.24) is 5.32 Å². The quantitative estimate of drug-likeness (QED) is 0.888. The maximum Gasteiger partial charge on any atom is 0.0285 e. The fraction of sp³-hybridized carbons (Fsp3) is 0.636. The Kier molecular flexibility index (Phi) is 4.02. The van der Waals surface area contributed by atoms with Crippen LogP contribution in [0.1, 0.15) is 30.6 Å². The average Bonchev–Trinajstić information content (AvgIpc) is 2.63. The van der Waals surface area contributed by atoms with E-state index in [9.17, 15) is 0 Å². The lowest BCUT2D eigenvalue weighted by atomic mass is 10.0. The Morgan fingerprint density at radius 2 is 2.43 bits per heavy atom. The number of hydrogen-bond donors (Lipinski definition) is 1. The molecule has 1 unspecified atom stereocenters. The highest BCUT2D eigenvalue weighted by atomic mass is 79.9. The summed E-state index contributed by atoms with van der Waals surface area (Å²) < 4.78 is 1.23. The van der Waals surface area contributed by atoms with Crippen LogP contribution in [0, 0.1) is 0 Å². The van der Waals surface area contributed by atoms with Crippen LogP contribution >= 0.6 is 27.3 Å². The molecule has 1 aliphatic rings. The average molecular weight is 274 g/mol. The number of thiophene rings is 1. The van der Waals surface area contributed by atoms with Crippen LogP contribution in [0.4, 0.5) is 0 Å². The van der Waals surface area contributed by atoms with Gasteiger partial charge in [-0.3, -0.25) is 0 Å². The minimum Gasteiger partial charge on any atom is -0.314 e. The molecule has 2 heterocycles. The van der Waals surface area contributed by atoms with E-state index in [1.807, 2.05) is 11.3 Å². The van der Waals surface area contributed by atoms with Gasteiger partial charge in [0.25, 0.3) is 0 Å². The molecule has 2 rings (SSSR count). The van der Waals surface area contributed by atoms with Gasteiger partial charge in [-0.15, -0.1) is 11.3 Å². The number of nitrogens with one attached hydrogen (secondary N) is 1. The van der Waals surface area contributed by atoms with Crippen molar-refractivity contribution in [3.05, 3.63) is 20.8 Å². The van der Waals surface area contributed by atoms with Crippen molar-refractivity contribution in [3.63, 3.8) is 0 Å². The maximum atomic E-state index is 3.59. The summed E-state index contributed by atoms with van der Waals surface area (Å²) in [5.41, 5.74) is 0. The van der Waals surface area contributed by atoms with E-state index in [1.165, 1.54) is 48.0 Å². The first kappa shape index (κ1) is 10.7. The molecule has 0 aromatic carbocycles. The van der Waals surface area contributed by atoms with Crippen LogP contribution in [-0.2, 0) is 6.42 Å². The van der Waals surface area contributed by atoms with E-state index in [4.69, 9.17) is 0 Å². The third kappa shape index (κ3) is 3.07. The Balaban J connectivity index is 1.76. The number of rotatable bonds is 3. The summed E-state index contributed by atoms with van der Waals surface area (Å²) in [6.45, 7) is 1.22. The molecule has 1 aliphatic heterocycles. The summed E-state index contributed by atoms with van der Waals surface area (Å²) in [5, 5.41) is 5.76. The normalized spacial score (nSPS) is 22.5. The van der Waals surface area contributed by atoms with Gasteiger partial charge in [0.1, 0.15) is 0 Å². The van der Waals surface area contributed by atoms with E-state index >= 15 is 0 Å². The minimum absolute atomic E-state index is 0.768. The third-order valence-electron chi connectivity index (χ3n) is 2.77. The fourth-order valence-electron chi connectivity index (χ4n) is 1.97. The Morgan fingerprint density at radius 1 is 1.50 bits per heavy atom. The molecule has 3 heteroatoms. The molecule has 1 N–H and O–H groups in total. The monoisotopic (exact) mass is 273 g/mol. The van der Waals surface area contributed by atoms with Gasteiger partial charge in [-0.1, -0.05) is 6.42 Å². The lowest BCUT2D eigenvalue weighted by Gasteiger charge is -2.22. The van der Waals surface area contributed by atoms with Gasteiger partial charge >= 0.3 is 0 Å². The van der Waals surface area contributed by atoms with Crippen molar-refractivity contribution in [2.45, 2.75) is 38.1 Å². The smallest absolute Gasteiger partial charge is 0.0285 e. The molecule has 1 fully saturated rings. The zero-order valence-corrected chi connectivity index (χ0v) is 10.7. The van der Waals surface area contributed by atoms with Crippen LogP contribution in [-0.4, -0.2) is 12.6 Å². The molecular formula is C11H16BrNS. The Hall–Kier alpha value is 0.140. The summed E-state index contributed by atoms with van der Waals surface area (Å²) in [7, 11) is 0. The van der Waals surface area contributed by atoms with E-state index < -0.39 is 0 Å². The second-order valence-corrected chi connectivity index (χ2v) is 5.83. The van der Waals surface area contributed by atoms with Gasteiger partial charge in [-0.2, -0.15) is 0 Å². The molecule has 0 bridgehead atoms. The molecule has 1 nitrogen and oxygen atoms in total. The zero-order chi connectivity index (χ0) is 9.80. The van der Waals surface area contributed by atoms with Crippen molar-refractivity contribution < 1.29 is 0 Å². The van der Waals surface area contributed by atoms with Crippen molar-refractivity contribution in [2.24, 2.45) is 0 Å². The predicted octanol–water partition coefficient (Wildman–Crippen LogP) is 3.59. The Bertz CT molecular complexity index is 279. The first-order valence-electron chi connectivity index (χ1n) is 5.31. The van der Waals surface area contributed by atoms with Crippen LogP contribution in [0.25, 0.3) is 0 Å². The molecule has 78 valence electrons. The molecule has 0 spiro atoms. The maximum absolute atomic E-state index is 3.59. The summed E-state index contributed by atoms with van der Waals surface area (Å²) in [6.07, 6.45) is 6.67. The zero-order valence-electron chi connectivity index (χ0n) is 8.26.